The number of ether oxygens (including phenoxy) is 1. The molecule has 0 aliphatic carbocycles. The van der Waals surface area contributed by atoms with Crippen LogP contribution < -0.4 is 5.73 Å². The van der Waals surface area contributed by atoms with E-state index in [1.165, 1.54) is 0 Å². The Morgan fingerprint density at radius 2 is 2.25 bits per heavy atom. The van der Waals surface area contributed by atoms with Gasteiger partial charge < -0.3 is 19.9 Å². The second kappa shape index (κ2) is 5.22. The van der Waals surface area contributed by atoms with Gasteiger partial charge in [-0.15, -0.1) is 0 Å². The zero-order valence-corrected chi connectivity index (χ0v) is 11.7. The highest BCUT2D eigenvalue weighted by molar-refractivity contribution is 5.70. The van der Waals surface area contributed by atoms with E-state index in [4.69, 9.17) is 15.0 Å². The van der Waals surface area contributed by atoms with Crippen molar-refractivity contribution in [3.8, 4) is 11.5 Å². The van der Waals surface area contributed by atoms with Gasteiger partial charge in [-0.3, -0.25) is 0 Å². The van der Waals surface area contributed by atoms with Crippen molar-refractivity contribution in [1.29, 1.82) is 0 Å². The third kappa shape index (κ3) is 2.52. The molecular formula is C14H18N4O2. The molecule has 2 heterocycles. The van der Waals surface area contributed by atoms with Crippen molar-refractivity contribution in [1.82, 2.24) is 15.0 Å². The second-order valence-electron chi connectivity index (χ2n) is 5.17. The summed E-state index contributed by atoms with van der Waals surface area (Å²) >= 11 is 0. The molecule has 1 atom stereocenters. The largest absolute Gasteiger partial charge is 0.398 e. The van der Waals surface area contributed by atoms with Gasteiger partial charge in [-0.25, -0.2) is 0 Å². The molecule has 0 saturated carbocycles. The number of hydrogen-bond donors (Lipinski definition) is 1. The van der Waals surface area contributed by atoms with Crippen LogP contribution in [0.15, 0.2) is 22.7 Å². The topological polar surface area (TPSA) is 77.4 Å². The zero-order valence-electron chi connectivity index (χ0n) is 11.7. The summed E-state index contributed by atoms with van der Waals surface area (Å²) in [6.07, 6.45) is -0.141. The number of morpholine rings is 1. The summed E-state index contributed by atoms with van der Waals surface area (Å²) in [4.78, 5) is 6.62. The van der Waals surface area contributed by atoms with E-state index >= 15 is 0 Å². The fourth-order valence-corrected chi connectivity index (χ4v) is 2.26. The second-order valence-corrected chi connectivity index (χ2v) is 5.17. The van der Waals surface area contributed by atoms with E-state index in [9.17, 15) is 0 Å². The maximum absolute atomic E-state index is 5.96. The van der Waals surface area contributed by atoms with E-state index in [1.54, 1.807) is 0 Å². The Bertz CT molecular complexity index is 611. The number of nitrogens with two attached hydrogens (primary N) is 1. The number of rotatable bonds is 2. The Labute approximate surface area is 117 Å². The lowest BCUT2D eigenvalue weighted by atomic mass is 10.1. The minimum Gasteiger partial charge on any atom is -0.398 e. The van der Waals surface area contributed by atoms with E-state index in [2.05, 4.69) is 22.1 Å². The van der Waals surface area contributed by atoms with Crippen molar-refractivity contribution in [3.63, 3.8) is 0 Å². The zero-order chi connectivity index (χ0) is 14.1. The van der Waals surface area contributed by atoms with Gasteiger partial charge in [0.05, 0.1) is 12.2 Å². The lowest BCUT2D eigenvalue weighted by Gasteiger charge is -2.27. The smallest absolute Gasteiger partial charge is 0.260 e. The van der Waals surface area contributed by atoms with Crippen LogP contribution in [0.3, 0.4) is 0 Å². The molecule has 1 saturated heterocycles. The van der Waals surface area contributed by atoms with Crippen LogP contribution in [0.5, 0.6) is 0 Å². The molecule has 1 unspecified atom stereocenters. The maximum Gasteiger partial charge on any atom is 0.260 e. The van der Waals surface area contributed by atoms with E-state index < -0.39 is 0 Å². The monoisotopic (exact) mass is 274 g/mol. The average molecular weight is 274 g/mol. The minimum atomic E-state index is -0.141. The molecule has 106 valence electrons. The maximum atomic E-state index is 5.96. The van der Waals surface area contributed by atoms with Crippen LogP contribution in [0.1, 0.15) is 17.5 Å². The summed E-state index contributed by atoms with van der Waals surface area (Å²) in [5.41, 5.74) is 8.47. The molecule has 1 fully saturated rings. The number of nitrogens with zero attached hydrogens (tertiary/aromatic N) is 3. The fraction of sp³-hybridized carbons (Fsp3) is 0.429. The van der Waals surface area contributed by atoms with Crippen LogP contribution >= 0.6 is 0 Å². The predicted octanol–water partition coefficient (Wildman–Crippen LogP) is 1.63. The number of hydrogen-bond acceptors (Lipinski definition) is 6. The first kappa shape index (κ1) is 13.1. The highest BCUT2D eigenvalue weighted by Gasteiger charge is 2.25. The van der Waals surface area contributed by atoms with Crippen molar-refractivity contribution in [2.24, 2.45) is 0 Å². The molecule has 6 heteroatoms. The quantitative estimate of drug-likeness (QED) is 0.839. The Balaban J connectivity index is 1.88. The lowest BCUT2D eigenvalue weighted by Crippen LogP contribution is -2.35. The number of benzene rings is 1. The van der Waals surface area contributed by atoms with Crippen molar-refractivity contribution in [2.45, 2.75) is 13.0 Å². The summed E-state index contributed by atoms with van der Waals surface area (Å²) in [5.74, 6) is 1.02. The van der Waals surface area contributed by atoms with Crippen molar-refractivity contribution in [2.75, 3.05) is 32.5 Å². The molecule has 1 aliphatic heterocycles. The predicted molar refractivity (Wildman–Crippen MR) is 75.1 cm³/mol. The van der Waals surface area contributed by atoms with E-state index in [-0.39, 0.29) is 6.10 Å². The van der Waals surface area contributed by atoms with Crippen LogP contribution in [0.25, 0.3) is 11.5 Å². The molecule has 0 amide bonds. The third-order valence-electron chi connectivity index (χ3n) is 3.44. The SMILES string of the molecule is Cc1ccc(N)c(-c2nc(C3CN(C)CCO3)no2)c1. The molecule has 3 rings (SSSR count). The first-order chi connectivity index (χ1) is 9.63. The molecule has 0 radical (unpaired) electrons. The molecule has 20 heavy (non-hydrogen) atoms. The fourth-order valence-electron chi connectivity index (χ4n) is 2.26. The third-order valence-corrected chi connectivity index (χ3v) is 3.44. The summed E-state index contributed by atoms with van der Waals surface area (Å²) < 4.78 is 11.0. The Morgan fingerprint density at radius 1 is 1.40 bits per heavy atom. The Kier molecular flexibility index (Phi) is 3.42. The summed E-state index contributed by atoms with van der Waals surface area (Å²) in [7, 11) is 2.05. The van der Waals surface area contributed by atoms with Gasteiger partial charge in [0.25, 0.3) is 5.89 Å². The molecule has 2 aromatic rings. The molecule has 6 nitrogen and oxygen atoms in total. The molecule has 2 N–H and O–H groups in total. The van der Waals surface area contributed by atoms with E-state index in [0.717, 1.165) is 24.2 Å². The average Bonchev–Trinajstić information content (AvgIpc) is 2.91. The van der Waals surface area contributed by atoms with Crippen molar-refractivity contribution < 1.29 is 9.26 Å². The lowest BCUT2D eigenvalue weighted by molar-refractivity contribution is -0.0264. The number of nitrogen functional groups attached to an aromatic ring is 1. The van der Waals surface area contributed by atoms with Gasteiger partial charge in [-0.1, -0.05) is 16.8 Å². The first-order valence-electron chi connectivity index (χ1n) is 6.64. The molecule has 1 aromatic heterocycles. The molecule has 0 bridgehead atoms. The number of likely N-dealkylation sites (N-methyl/N-ethyl adjacent to an activating group) is 1. The van der Waals surface area contributed by atoms with E-state index in [1.807, 2.05) is 25.1 Å². The number of aryl methyl sites for hydroxylation is 1. The van der Waals surface area contributed by atoms with Gasteiger partial charge in [0, 0.05) is 18.8 Å². The summed E-state index contributed by atoms with van der Waals surface area (Å²) in [6.45, 7) is 4.37. The Hall–Kier alpha value is -1.92. The van der Waals surface area contributed by atoms with Crippen LogP contribution in [0, 0.1) is 6.92 Å². The first-order valence-corrected chi connectivity index (χ1v) is 6.64. The minimum absolute atomic E-state index is 0.141. The highest BCUT2D eigenvalue weighted by atomic mass is 16.5. The van der Waals surface area contributed by atoms with Gasteiger partial charge in [-0.2, -0.15) is 4.98 Å². The molecule has 1 aromatic carbocycles. The standard InChI is InChI=1S/C14H18N4O2/c1-9-3-4-11(15)10(7-9)14-16-13(17-20-14)12-8-18(2)5-6-19-12/h3-4,7,12H,5-6,8,15H2,1-2H3. The van der Waals surface area contributed by atoms with Crippen molar-refractivity contribution >= 4 is 5.69 Å². The Morgan fingerprint density at radius 3 is 3.05 bits per heavy atom. The van der Waals surface area contributed by atoms with Crippen LogP contribution in [-0.4, -0.2) is 41.8 Å². The van der Waals surface area contributed by atoms with Gasteiger partial charge in [0.1, 0.15) is 6.10 Å². The normalized spacial score (nSPS) is 20.2. The van der Waals surface area contributed by atoms with Crippen molar-refractivity contribution in [3.05, 3.63) is 29.6 Å². The van der Waals surface area contributed by atoms with E-state index in [0.29, 0.717) is 24.0 Å². The summed E-state index contributed by atoms with van der Waals surface area (Å²) in [6, 6.07) is 5.75. The van der Waals surface area contributed by atoms with Crippen LogP contribution in [0.2, 0.25) is 0 Å². The number of anilines is 1. The molecular weight excluding hydrogens is 256 g/mol. The number of aromatic nitrogens is 2. The van der Waals surface area contributed by atoms with Gasteiger partial charge in [-0.05, 0) is 26.1 Å². The molecule has 1 aliphatic rings. The molecule has 0 spiro atoms. The summed E-state index contributed by atoms with van der Waals surface area (Å²) in [5, 5.41) is 4.03. The van der Waals surface area contributed by atoms with Crippen LogP contribution in [-0.2, 0) is 4.74 Å². The van der Waals surface area contributed by atoms with Gasteiger partial charge >= 0.3 is 0 Å². The highest BCUT2D eigenvalue weighted by Crippen LogP contribution is 2.27. The van der Waals surface area contributed by atoms with Gasteiger partial charge in [0.2, 0.25) is 5.82 Å². The van der Waals surface area contributed by atoms with Crippen LogP contribution in [0.4, 0.5) is 5.69 Å². The van der Waals surface area contributed by atoms with Gasteiger partial charge in [0.15, 0.2) is 0 Å².